The molecule has 0 aliphatic rings. The SMILES string of the molecule is CC(N)Cc1cn(C(C)C)c2ccc(O)cc12. The molecule has 0 saturated carbocycles. The third-order valence-corrected chi connectivity index (χ3v) is 3.00. The van der Waals surface area contributed by atoms with Gasteiger partial charge >= 0.3 is 0 Å². The molecule has 3 nitrogen and oxygen atoms in total. The zero-order valence-corrected chi connectivity index (χ0v) is 10.6. The van der Waals surface area contributed by atoms with Gasteiger partial charge < -0.3 is 15.4 Å². The average Bonchev–Trinajstić information content (AvgIpc) is 2.56. The van der Waals surface area contributed by atoms with Gasteiger partial charge in [-0.05, 0) is 51.0 Å². The van der Waals surface area contributed by atoms with Crippen molar-refractivity contribution in [1.29, 1.82) is 0 Å². The first-order valence-electron chi connectivity index (χ1n) is 6.07. The lowest BCUT2D eigenvalue weighted by Gasteiger charge is -2.08. The molecular formula is C14H20N2O. The summed E-state index contributed by atoms with van der Waals surface area (Å²) in [5.74, 6) is 0.310. The minimum absolute atomic E-state index is 0.128. The molecule has 2 rings (SSSR count). The van der Waals surface area contributed by atoms with Gasteiger partial charge in [-0.1, -0.05) is 0 Å². The van der Waals surface area contributed by atoms with Crippen molar-refractivity contribution in [3.8, 4) is 5.75 Å². The molecule has 1 heterocycles. The van der Waals surface area contributed by atoms with Crippen LogP contribution in [0.5, 0.6) is 5.75 Å². The van der Waals surface area contributed by atoms with Crippen LogP contribution in [0.4, 0.5) is 0 Å². The molecule has 0 saturated heterocycles. The molecule has 0 radical (unpaired) electrons. The van der Waals surface area contributed by atoms with Crippen LogP contribution in [-0.4, -0.2) is 15.7 Å². The zero-order valence-electron chi connectivity index (χ0n) is 10.6. The van der Waals surface area contributed by atoms with E-state index in [2.05, 4.69) is 24.6 Å². The molecule has 1 unspecified atom stereocenters. The fraction of sp³-hybridized carbons (Fsp3) is 0.429. The summed E-state index contributed by atoms with van der Waals surface area (Å²) in [7, 11) is 0. The average molecular weight is 232 g/mol. The number of aromatic nitrogens is 1. The number of fused-ring (bicyclic) bond motifs is 1. The third kappa shape index (κ3) is 2.29. The summed E-state index contributed by atoms with van der Waals surface area (Å²) >= 11 is 0. The molecule has 92 valence electrons. The van der Waals surface area contributed by atoms with Crippen LogP contribution < -0.4 is 5.73 Å². The van der Waals surface area contributed by atoms with E-state index in [-0.39, 0.29) is 6.04 Å². The second-order valence-corrected chi connectivity index (χ2v) is 5.04. The summed E-state index contributed by atoms with van der Waals surface area (Å²) < 4.78 is 2.23. The van der Waals surface area contributed by atoms with Crippen molar-refractivity contribution in [3.63, 3.8) is 0 Å². The van der Waals surface area contributed by atoms with E-state index in [4.69, 9.17) is 5.73 Å². The Kier molecular flexibility index (Phi) is 3.11. The normalized spacial score (nSPS) is 13.5. The first-order chi connectivity index (χ1) is 7.99. The number of hydrogen-bond acceptors (Lipinski definition) is 2. The zero-order chi connectivity index (χ0) is 12.6. The maximum absolute atomic E-state index is 9.60. The maximum Gasteiger partial charge on any atom is 0.116 e. The molecule has 2 aromatic rings. The quantitative estimate of drug-likeness (QED) is 0.855. The fourth-order valence-electron chi connectivity index (χ4n) is 2.25. The number of aromatic hydroxyl groups is 1. The minimum atomic E-state index is 0.128. The molecule has 0 fully saturated rings. The standard InChI is InChI=1S/C14H20N2O/c1-9(2)16-8-11(6-10(3)15)13-7-12(17)4-5-14(13)16/h4-5,7-10,17H,6,15H2,1-3H3. The summed E-state index contributed by atoms with van der Waals surface area (Å²) in [6.07, 6.45) is 2.98. The lowest BCUT2D eigenvalue weighted by molar-refractivity contribution is 0.476. The first-order valence-corrected chi connectivity index (χ1v) is 6.07. The van der Waals surface area contributed by atoms with Gasteiger partial charge in [0.1, 0.15) is 5.75 Å². The molecule has 1 atom stereocenters. The van der Waals surface area contributed by atoms with E-state index in [0.717, 1.165) is 17.3 Å². The van der Waals surface area contributed by atoms with Crippen molar-refractivity contribution in [1.82, 2.24) is 4.57 Å². The Morgan fingerprint density at radius 1 is 1.29 bits per heavy atom. The van der Waals surface area contributed by atoms with Crippen molar-refractivity contribution < 1.29 is 5.11 Å². The van der Waals surface area contributed by atoms with Crippen molar-refractivity contribution in [2.75, 3.05) is 0 Å². The predicted molar refractivity (Wildman–Crippen MR) is 71.3 cm³/mol. The number of nitrogens with zero attached hydrogens (tertiary/aromatic N) is 1. The number of hydrogen-bond donors (Lipinski definition) is 2. The summed E-state index contributed by atoms with van der Waals surface area (Å²) in [4.78, 5) is 0. The first kappa shape index (κ1) is 12.0. The van der Waals surface area contributed by atoms with Crippen LogP contribution in [-0.2, 0) is 6.42 Å². The molecule has 0 aliphatic heterocycles. The predicted octanol–water partition coefficient (Wildman–Crippen LogP) is 2.82. The molecule has 0 amide bonds. The maximum atomic E-state index is 9.60. The molecule has 0 spiro atoms. The van der Waals surface area contributed by atoms with E-state index in [0.29, 0.717) is 11.8 Å². The highest BCUT2D eigenvalue weighted by molar-refractivity contribution is 5.85. The third-order valence-electron chi connectivity index (χ3n) is 3.00. The van der Waals surface area contributed by atoms with E-state index in [1.807, 2.05) is 19.1 Å². The van der Waals surface area contributed by atoms with Crippen LogP contribution in [0.2, 0.25) is 0 Å². The highest BCUT2D eigenvalue weighted by Crippen LogP contribution is 2.28. The number of nitrogens with two attached hydrogens (primary N) is 1. The smallest absolute Gasteiger partial charge is 0.116 e. The molecule has 0 bridgehead atoms. The molecule has 17 heavy (non-hydrogen) atoms. The topological polar surface area (TPSA) is 51.2 Å². The fourth-order valence-corrected chi connectivity index (χ4v) is 2.25. The highest BCUT2D eigenvalue weighted by atomic mass is 16.3. The minimum Gasteiger partial charge on any atom is -0.508 e. The Balaban J connectivity index is 2.62. The lowest BCUT2D eigenvalue weighted by atomic mass is 10.1. The Bertz CT molecular complexity index is 526. The van der Waals surface area contributed by atoms with Gasteiger partial charge in [0.25, 0.3) is 0 Å². The van der Waals surface area contributed by atoms with Gasteiger partial charge in [0.05, 0.1) is 0 Å². The van der Waals surface area contributed by atoms with Crippen molar-refractivity contribution in [3.05, 3.63) is 30.0 Å². The molecule has 3 heteroatoms. The van der Waals surface area contributed by atoms with Crippen LogP contribution in [0, 0.1) is 0 Å². The highest BCUT2D eigenvalue weighted by Gasteiger charge is 2.12. The second-order valence-electron chi connectivity index (χ2n) is 5.04. The molecule has 0 aliphatic carbocycles. The van der Waals surface area contributed by atoms with Crippen molar-refractivity contribution in [2.24, 2.45) is 5.73 Å². The van der Waals surface area contributed by atoms with E-state index in [9.17, 15) is 5.11 Å². The second kappa shape index (κ2) is 4.41. The Hall–Kier alpha value is -1.48. The number of phenolic OH excluding ortho intramolecular Hbond substituents is 1. The Morgan fingerprint density at radius 3 is 2.59 bits per heavy atom. The Labute approximate surface area is 102 Å². The van der Waals surface area contributed by atoms with Crippen LogP contribution in [0.1, 0.15) is 32.4 Å². The van der Waals surface area contributed by atoms with E-state index in [1.165, 1.54) is 5.56 Å². The van der Waals surface area contributed by atoms with Crippen LogP contribution >= 0.6 is 0 Å². The van der Waals surface area contributed by atoms with Crippen LogP contribution in [0.15, 0.2) is 24.4 Å². The summed E-state index contributed by atoms with van der Waals surface area (Å²) in [6.45, 7) is 6.31. The molecule has 1 aromatic heterocycles. The van der Waals surface area contributed by atoms with Gasteiger partial charge in [-0.15, -0.1) is 0 Å². The van der Waals surface area contributed by atoms with Gasteiger partial charge in [-0.25, -0.2) is 0 Å². The Morgan fingerprint density at radius 2 is 2.00 bits per heavy atom. The van der Waals surface area contributed by atoms with E-state index < -0.39 is 0 Å². The summed E-state index contributed by atoms with van der Waals surface area (Å²) in [6, 6.07) is 6.06. The van der Waals surface area contributed by atoms with Gasteiger partial charge in [-0.3, -0.25) is 0 Å². The number of phenols is 1. The lowest BCUT2D eigenvalue weighted by Crippen LogP contribution is -2.17. The number of rotatable bonds is 3. The van der Waals surface area contributed by atoms with Gasteiger partial charge in [0.15, 0.2) is 0 Å². The van der Waals surface area contributed by atoms with Gasteiger partial charge in [0, 0.05) is 29.2 Å². The molecular weight excluding hydrogens is 212 g/mol. The van der Waals surface area contributed by atoms with Crippen LogP contribution in [0.25, 0.3) is 10.9 Å². The van der Waals surface area contributed by atoms with Gasteiger partial charge in [-0.2, -0.15) is 0 Å². The number of benzene rings is 1. The van der Waals surface area contributed by atoms with Crippen LogP contribution in [0.3, 0.4) is 0 Å². The van der Waals surface area contributed by atoms with Crippen molar-refractivity contribution >= 4 is 10.9 Å². The van der Waals surface area contributed by atoms with E-state index in [1.54, 1.807) is 6.07 Å². The largest absolute Gasteiger partial charge is 0.508 e. The molecule has 1 aromatic carbocycles. The molecule has 3 N–H and O–H groups in total. The van der Waals surface area contributed by atoms with Crippen molar-refractivity contribution in [2.45, 2.75) is 39.3 Å². The summed E-state index contributed by atoms with van der Waals surface area (Å²) in [5.41, 5.74) is 8.24. The monoisotopic (exact) mass is 232 g/mol. The van der Waals surface area contributed by atoms with Gasteiger partial charge in [0.2, 0.25) is 0 Å². The van der Waals surface area contributed by atoms with E-state index >= 15 is 0 Å². The summed E-state index contributed by atoms with van der Waals surface area (Å²) in [5, 5.41) is 10.7.